The fraction of sp³-hybridized carbons (Fsp3) is 0.250. The van der Waals surface area contributed by atoms with Crippen molar-refractivity contribution in [1.29, 1.82) is 0 Å². The molecule has 0 aromatic heterocycles. The number of halogens is 3. The zero-order chi connectivity index (χ0) is 23.9. The molecule has 0 saturated heterocycles. The lowest BCUT2D eigenvalue weighted by atomic mass is 10.2. The van der Waals surface area contributed by atoms with Crippen molar-refractivity contribution in [3.8, 4) is 11.5 Å². The molecule has 0 heterocycles. The lowest BCUT2D eigenvalue weighted by molar-refractivity contribution is -0.114. The van der Waals surface area contributed by atoms with Gasteiger partial charge in [-0.1, -0.05) is 34.8 Å². The molecule has 2 amide bonds. The Balaban J connectivity index is 2.07. The molecule has 0 aliphatic heterocycles. The van der Waals surface area contributed by atoms with E-state index in [0.29, 0.717) is 22.9 Å². The molecule has 0 bridgehead atoms. The van der Waals surface area contributed by atoms with Gasteiger partial charge >= 0.3 is 0 Å². The number of carbonyl (C=O) groups is 2. The average Bonchev–Trinajstić information content (AvgIpc) is 2.73. The molecular formula is C20H21Cl3N4O4S. The van der Waals surface area contributed by atoms with Crippen molar-refractivity contribution in [2.75, 3.05) is 24.9 Å². The van der Waals surface area contributed by atoms with Crippen LogP contribution in [-0.2, 0) is 4.79 Å². The number of nitrogens with one attached hydrogen (secondary N) is 4. The minimum atomic E-state index is -1.92. The minimum Gasteiger partial charge on any atom is -0.493 e. The van der Waals surface area contributed by atoms with E-state index in [9.17, 15) is 9.59 Å². The van der Waals surface area contributed by atoms with Crippen LogP contribution in [0.4, 0.5) is 11.4 Å². The molecule has 2 rings (SSSR count). The third-order valence-corrected chi connectivity index (χ3v) is 4.86. The predicted molar refractivity (Wildman–Crippen MR) is 131 cm³/mol. The number of carbonyl (C=O) groups excluding carboxylic acids is 2. The number of methoxy groups -OCH3 is 2. The maximum atomic E-state index is 12.7. The highest BCUT2D eigenvalue weighted by Gasteiger charge is 2.35. The Bertz CT molecular complexity index is 984. The number of ether oxygens (including phenoxy) is 2. The molecule has 0 aliphatic rings. The Kier molecular flexibility index (Phi) is 9.21. The summed E-state index contributed by atoms with van der Waals surface area (Å²) in [4.78, 5) is 23.8. The molecule has 12 heteroatoms. The van der Waals surface area contributed by atoms with Crippen molar-refractivity contribution in [1.82, 2.24) is 10.6 Å². The summed E-state index contributed by atoms with van der Waals surface area (Å²) in [7, 11) is 2.94. The summed E-state index contributed by atoms with van der Waals surface area (Å²) in [6, 6.07) is 11.4. The second-order valence-corrected chi connectivity index (χ2v) is 9.15. The SMILES string of the molecule is COc1ccc(C(=O)N[C@@H](NC(=S)Nc2ccc(NC(C)=O)cc2)C(Cl)(Cl)Cl)cc1OC. The van der Waals surface area contributed by atoms with Gasteiger partial charge in [-0.05, 0) is 54.7 Å². The Hall–Kier alpha value is -2.46. The molecule has 0 unspecified atom stereocenters. The van der Waals surface area contributed by atoms with Gasteiger partial charge in [0, 0.05) is 23.9 Å². The van der Waals surface area contributed by atoms with Gasteiger partial charge in [-0.25, -0.2) is 0 Å². The molecule has 2 aromatic carbocycles. The van der Waals surface area contributed by atoms with Gasteiger partial charge in [-0.15, -0.1) is 0 Å². The number of anilines is 2. The fourth-order valence-electron chi connectivity index (χ4n) is 2.53. The monoisotopic (exact) mass is 518 g/mol. The summed E-state index contributed by atoms with van der Waals surface area (Å²) in [5.41, 5.74) is 1.50. The summed E-state index contributed by atoms with van der Waals surface area (Å²) in [6.45, 7) is 1.42. The normalized spacial score (nSPS) is 11.7. The number of benzene rings is 2. The smallest absolute Gasteiger partial charge is 0.253 e. The van der Waals surface area contributed by atoms with Crippen molar-refractivity contribution < 1.29 is 19.1 Å². The quantitative estimate of drug-likeness (QED) is 0.248. The van der Waals surface area contributed by atoms with Crippen molar-refractivity contribution in [2.24, 2.45) is 0 Å². The topological polar surface area (TPSA) is 101 Å². The van der Waals surface area contributed by atoms with E-state index in [-0.39, 0.29) is 16.6 Å². The maximum absolute atomic E-state index is 12.7. The summed E-state index contributed by atoms with van der Waals surface area (Å²) < 4.78 is 8.45. The van der Waals surface area contributed by atoms with Crippen molar-refractivity contribution >= 4 is 75.3 Å². The van der Waals surface area contributed by atoms with Crippen LogP contribution in [-0.4, -0.2) is 41.1 Å². The second kappa shape index (κ2) is 11.4. The third kappa shape index (κ3) is 7.59. The van der Waals surface area contributed by atoms with Gasteiger partial charge in [-0.3, -0.25) is 9.59 Å². The highest BCUT2D eigenvalue weighted by Crippen LogP contribution is 2.30. The molecule has 0 saturated carbocycles. The van der Waals surface area contributed by atoms with E-state index >= 15 is 0 Å². The highest BCUT2D eigenvalue weighted by molar-refractivity contribution is 7.80. The predicted octanol–water partition coefficient (Wildman–Crippen LogP) is 4.07. The van der Waals surface area contributed by atoms with Crippen LogP contribution in [0.15, 0.2) is 42.5 Å². The van der Waals surface area contributed by atoms with E-state index in [2.05, 4.69) is 21.3 Å². The molecule has 0 radical (unpaired) electrons. The van der Waals surface area contributed by atoms with Crippen LogP contribution in [0.1, 0.15) is 17.3 Å². The van der Waals surface area contributed by atoms with Crippen LogP contribution in [0.3, 0.4) is 0 Å². The van der Waals surface area contributed by atoms with E-state index in [1.165, 1.54) is 27.2 Å². The molecule has 2 aromatic rings. The molecule has 8 nitrogen and oxygen atoms in total. The first-order chi connectivity index (χ1) is 15.0. The van der Waals surface area contributed by atoms with Crippen LogP contribution in [0.2, 0.25) is 0 Å². The van der Waals surface area contributed by atoms with Crippen LogP contribution in [0.5, 0.6) is 11.5 Å². The number of hydrogen-bond donors (Lipinski definition) is 4. The molecule has 1 atom stereocenters. The van der Waals surface area contributed by atoms with Gasteiger partial charge < -0.3 is 30.7 Å². The first-order valence-electron chi connectivity index (χ1n) is 9.08. The first-order valence-corrected chi connectivity index (χ1v) is 10.6. The van der Waals surface area contributed by atoms with E-state index in [1.54, 1.807) is 36.4 Å². The van der Waals surface area contributed by atoms with Gasteiger partial charge in [0.1, 0.15) is 6.17 Å². The van der Waals surface area contributed by atoms with Gasteiger partial charge in [-0.2, -0.15) is 0 Å². The largest absolute Gasteiger partial charge is 0.493 e. The van der Waals surface area contributed by atoms with Gasteiger partial charge in [0.15, 0.2) is 16.6 Å². The summed E-state index contributed by atoms with van der Waals surface area (Å²) in [5.74, 6) is 0.129. The Morgan fingerprint density at radius 1 is 0.906 bits per heavy atom. The number of hydrogen-bond acceptors (Lipinski definition) is 5. The van der Waals surface area contributed by atoms with Gasteiger partial charge in [0.25, 0.3) is 5.91 Å². The van der Waals surface area contributed by atoms with Gasteiger partial charge in [0.05, 0.1) is 14.2 Å². The zero-order valence-corrected chi connectivity index (χ0v) is 20.4. The van der Waals surface area contributed by atoms with Crippen LogP contribution < -0.4 is 30.7 Å². The minimum absolute atomic E-state index is 0.0983. The van der Waals surface area contributed by atoms with E-state index in [1.807, 2.05) is 0 Å². The van der Waals surface area contributed by atoms with Crippen LogP contribution >= 0.6 is 47.0 Å². The second-order valence-electron chi connectivity index (χ2n) is 6.37. The fourth-order valence-corrected chi connectivity index (χ4v) is 3.09. The third-order valence-electron chi connectivity index (χ3n) is 3.99. The van der Waals surface area contributed by atoms with E-state index in [4.69, 9.17) is 56.5 Å². The van der Waals surface area contributed by atoms with Crippen molar-refractivity contribution in [3.05, 3.63) is 48.0 Å². The van der Waals surface area contributed by atoms with Crippen LogP contribution in [0, 0.1) is 0 Å². The number of thiocarbonyl (C=S) groups is 1. The molecule has 0 spiro atoms. The molecule has 4 N–H and O–H groups in total. The Morgan fingerprint density at radius 3 is 1.97 bits per heavy atom. The van der Waals surface area contributed by atoms with E-state index in [0.717, 1.165) is 0 Å². The zero-order valence-electron chi connectivity index (χ0n) is 17.3. The first kappa shape index (κ1) is 25.8. The summed E-state index contributed by atoms with van der Waals surface area (Å²) >= 11 is 23.4. The van der Waals surface area contributed by atoms with Crippen molar-refractivity contribution in [2.45, 2.75) is 16.9 Å². The summed E-state index contributed by atoms with van der Waals surface area (Å²) in [5, 5.41) is 11.0. The Labute approximate surface area is 205 Å². The highest BCUT2D eigenvalue weighted by atomic mass is 35.6. The molecule has 32 heavy (non-hydrogen) atoms. The molecule has 0 aliphatic carbocycles. The van der Waals surface area contributed by atoms with Crippen molar-refractivity contribution in [3.63, 3.8) is 0 Å². The Morgan fingerprint density at radius 2 is 1.47 bits per heavy atom. The lowest BCUT2D eigenvalue weighted by Gasteiger charge is -2.28. The summed E-state index contributed by atoms with van der Waals surface area (Å²) in [6.07, 6.45) is -1.16. The van der Waals surface area contributed by atoms with Crippen LogP contribution in [0.25, 0.3) is 0 Å². The van der Waals surface area contributed by atoms with Gasteiger partial charge in [0.2, 0.25) is 9.70 Å². The number of alkyl halides is 3. The molecular weight excluding hydrogens is 499 g/mol. The number of rotatable bonds is 7. The molecule has 0 fully saturated rings. The lowest BCUT2D eigenvalue weighted by Crippen LogP contribution is -2.56. The standard InChI is InChI=1S/C20H21Cl3N4O4S/c1-11(28)24-13-5-7-14(8-6-13)25-19(32)27-18(20(21,22)23)26-17(29)12-4-9-15(30-2)16(10-12)31-3/h4-10,18H,1-3H3,(H,24,28)(H,26,29)(H2,25,27,32)/t18-/m0/s1. The molecule has 172 valence electrons. The number of amides is 2. The van der Waals surface area contributed by atoms with E-state index < -0.39 is 15.9 Å². The average molecular weight is 520 g/mol. The maximum Gasteiger partial charge on any atom is 0.253 e.